The largest absolute Gasteiger partial charge is 0.393 e. The summed E-state index contributed by atoms with van der Waals surface area (Å²) in [6, 6.07) is 0. The van der Waals surface area contributed by atoms with Crippen LogP contribution in [-0.2, 0) is 4.74 Å². The lowest BCUT2D eigenvalue weighted by molar-refractivity contribution is 0.0596. The zero-order chi connectivity index (χ0) is 9.04. The Labute approximate surface area is 73.9 Å². The van der Waals surface area contributed by atoms with Crippen molar-refractivity contribution in [2.75, 3.05) is 6.61 Å². The number of fused-ring (bicyclic) bond motifs is 1. The van der Waals surface area contributed by atoms with Crippen molar-refractivity contribution in [2.24, 2.45) is 5.41 Å². The van der Waals surface area contributed by atoms with E-state index in [1.807, 2.05) is 0 Å². The lowest BCUT2D eigenvalue weighted by Gasteiger charge is -2.37. The molecular formula is C10H18O2. The van der Waals surface area contributed by atoms with Crippen LogP contribution in [0.15, 0.2) is 0 Å². The smallest absolute Gasteiger partial charge is 0.126 e. The second-order valence-electron chi connectivity index (χ2n) is 5.06. The van der Waals surface area contributed by atoms with Crippen LogP contribution >= 0.6 is 0 Å². The second kappa shape index (κ2) is 2.05. The second-order valence-corrected chi connectivity index (χ2v) is 5.06. The summed E-state index contributed by atoms with van der Waals surface area (Å²) in [6.07, 6.45) is 3.51. The predicted octanol–water partition coefficient (Wildman–Crippen LogP) is 1.72. The first-order valence-corrected chi connectivity index (χ1v) is 4.79. The van der Waals surface area contributed by atoms with E-state index in [2.05, 4.69) is 20.8 Å². The van der Waals surface area contributed by atoms with Gasteiger partial charge in [0.15, 0.2) is 0 Å². The molecule has 2 aliphatic rings. The van der Waals surface area contributed by atoms with Crippen LogP contribution in [0.2, 0.25) is 0 Å². The normalized spacial score (nSPS) is 50.0. The summed E-state index contributed by atoms with van der Waals surface area (Å²) in [7, 11) is 0. The molecule has 0 bridgehead atoms. The first-order valence-electron chi connectivity index (χ1n) is 4.79. The molecule has 0 spiro atoms. The number of epoxide rings is 1. The molecule has 2 nitrogen and oxygen atoms in total. The summed E-state index contributed by atoms with van der Waals surface area (Å²) >= 11 is 0. The van der Waals surface area contributed by atoms with E-state index in [0.29, 0.717) is 0 Å². The summed E-state index contributed by atoms with van der Waals surface area (Å²) in [5, 5.41) is 9.37. The third-order valence-corrected chi connectivity index (χ3v) is 3.98. The van der Waals surface area contributed by atoms with Gasteiger partial charge in [-0.15, -0.1) is 0 Å². The van der Waals surface area contributed by atoms with Gasteiger partial charge in [-0.05, 0) is 31.6 Å². The van der Waals surface area contributed by atoms with Gasteiger partial charge in [-0.1, -0.05) is 13.8 Å². The number of hydrogen-bond acceptors (Lipinski definition) is 2. The third-order valence-electron chi connectivity index (χ3n) is 3.98. The molecule has 2 fully saturated rings. The zero-order valence-corrected chi connectivity index (χ0v) is 8.18. The van der Waals surface area contributed by atoms with E-state index in [1.165, 1.54) is 12.8 Å². The van der Waals surface area contributed by atoms with E-state index in [0.717, 1.165) is 6.42 Å². The fourth-order valence-corrected chi connectivity index (χ4v) is 2.95. The molecule has 12 heavy (non-hydrogen) atoms. The van der Waals surface area contributed by atoms with Crippen molar-refractivity contribution in [3.63, 3.8) is 0 Å². The molecule has 0 radical (unpaired) electrons. The van der Waals surface area contributed by atoms with Crippen LogP contribution in [0.4, 0.5) is 0 Å². The molecule has 1 saturated heterocycles. The minimum absolute atomic E-state index is 0.0243. The topological polar surface area (TPSA) is 32.8 Å². The van der Waals surface area contributed by atoms with Crippen molar-refractivity contribution in [1.29, 1.82) is 0 Å². The Morgan fingerprint density at radius 3 is 2.33 bits per heavy atom. The highest BCUT2D eigenvalue weighted by Gasteiger charge is 2.74. The molecule has 1 saturated carbocycles. The lowest BCUT2D eigenvalue weighted by atomic mass is 9.64. The first-order chi connectivity index (χ1) is 5.47. The molecule has 0 aromatic rings. The number of hydrogen-bond donors (Lipinski definition) is 1. The van der Waals surface area contributed by atoms with E-state index in [4.69, 9.17) is 4.74 Å². The van der Waals surface area contributed by atoms with Crippen molar-refractivity contribution in [3.8, 4) is 0 Å². The van der Waals surface area contributed by atoms with Gasteiger partial charge in [0.2, 0.25) is 0 Å². The number of rotatable bonds is 1. The standard InChI is InChI=1S/C10H18O2/c1-8(2)5-4-6-9(3)10(8,7-11)12-9/h11H,4-7H2,1-3H3/t9-,10+/m0/s1. The molecule has 1 aliphatic carbocycles. The SMILES string of the molecule is CC1(C)CCC[C@]2(C)O[C@]12CO. The maximum absolute atomic E-state index is 9.37. The number of aliphatic hydroxyl groups is 1. The lowest BCUT2D eigenvalue weighted by Crippen LogP contribution is -2.45. The highest BCUT2D eigenvalue weighted by molar-refractivity contribution is 5.21. The maximum atomic E-state index is 9.37. The number of ether oxygens (including phenoxy) is 1. The Hall–Kier alpha value is -0.0800. The molecule has 0 unspecified atom stereocenters. The zero-order valence-electron chi connectivity index (χ0n) is 8.18. The maximum Gasteiger partial charge on any atom is 0.126 e. The molecule has 2 atom stereocenters. The van der Waals surface area contributed by atoms with Gasteiger partial charge in [0.1, 0.15) is 5.60 Å². The average molecular weight is 170 g/mol. The van der Waals surface area contributed by atoms with Gasteiger partial charge < -0.3 is 9.84 Å². The van der Waals surface area contributed by atoms with Crippen LogP contribution in [0.1, 0.15) is 40.0 Å². The van der Waals surface area contributed by atoms with E-state index < -0.39 is 0 Å². The Kier molecular flexibility index (Phi) is 1.45. The van der Waals surface area contributed by atoms with Crippen molar-refractivity contribution in [1.82, 2.24) is 0 Å². The van der Waals surface area contributed by atoms with E-state index in [9.17, 15) is 5.11 Å². The monoisotopic (exact) mass is 170 g/mol. The van der Waals surface area contributed by atoms with Crippen molar-refractivity contribution >= 4 is 0 Å². The quantitative estimate of drug-likeness (QED) is 0.608. The van der Waals surface area contributed by atoms with Gasteiger partial charge >= 0.3 is 0 Å². The van der Waals surface area contributed by atoms with Gasteiger partial charge in [0, 0.05) is 0 Å². The summed E-state index contributed by atoms with van der Waals surface area (Å²) in [5.41, 5.74) is -0.101. The van der Waals surface area contributed by atoms with Gasteiger partial charge in [0.05, 0.1) is 12.2 Å². The fraction of sp³-hybridized carbons (Fsp3) is 1.00. The molecule has 1 heterocycles. The van der Waals surface area contributed by atoms with Crippen molar-refractivity contribution in [2.45, 2.75) is 51.2 Å². The van der Waals surface area contributed by atoms with Gasteiger partial charge in [0.25, 0.3) is 0 Å². The van der Waals surface area contributed by atoms with Gasteiger partial charge in [-0.3, -0.25) is 0 Å². The van der Waals surface area contributed by atoms with Crippen LogP contribution in [0, 0.1) is 5.41 Å². The van der Waals surface area contributed by atoms with Crippen LogP contribution in [0.3, 0.4) is 0 Å². The Morgan fingerprint density at radius 1 is 1.25 bits per heavy atom. The summed E-state index contributed by atoms with van der Waals surface area (Å²) < 4.78 is 5.77. The molecule has 0 aromatic carbocycles. The third kappa shape index (κ3) is 0.728. The van der Waals surface area contributed by atoms with Gasteiger partial charge in [-0.2, -0.15) is 0 Å². The minimum Gasteiger partial charge on any atom is -0.393 e. The molecule has 0 amide bonds. The summed E-state index contributed by atoms with van der Waals surface area (Å²) in [5.74, 6) is 0. The molecule has 1 N–H and O–H groups in total. The van der Waals surface area contributed by atoms with Crippen molar-refractivity contribution in [3.05, 3.63) is 0 Å². The van der Waals surface area contributed by atoms with Crippen LogP contribution in [0.25, 0.3) is 0 Å². The van der Waals surface area contributed by atoms with E-state index >= 15 is 0 Å². The Morgan fingerprint density at radius 2 is 1.92 bits per heavy atom. The van der Waals surface area contributed by atoms with Crippen LogP contribution in [0.5, 0.6) is 0 Å². The van der Waals surface area contributed by atoms with E-state index in [1.54, 1.807) is 0 Å². The molecule has 0 aromatic heterocycles. The van der Waals surface area contributed by atoms with Gasteiger partial charge in [-0.25, -0.2) is 0 Å². The number of aliphatic hydroxyl groups excluding tert-OH is 1. The minimum atomic E-state index is -0.224. The summed E-state index contributed by atoms with van der Waals surface area (Å²) in [6.45, 7) is 6.71. The molecule has 2 heteroatoms. The summed E-state index contributed by atoms with van der Waals surface area (Å²) in [4.78, 5) is 0. The molecule has 70 valence electrons. The Balaban J connectivity index is 2.30. The molecule has 2 rings (SSSR count). The van der Waals surface area contributed by atoms with Crippen LogP contribution < -0.4 is 0 Å². The first kappa shape index (κ1) is 8.52. The predicted molar refractivity (Wildman–Crippen MR) is 46.9 cm³/mol. The average Bonchev–Trinajstić information content (AvgIpc) is 2.58. The highest BCUT2D eigenvalue weighted by Crippen LogP contribution is 2.64. The van der Waals surface area contributed by atoms with Crippen molar-refractivity contribution < 1.29 is 9.84 Å². The van der Waals surface area contributed by atoms with Crippen LogP contribution in [-0.4, -0.2) is 22.9 Å². The Bertz CT molecular complexity index is 212. The highest BCUT2D eigenvalue weighted by atomic mass is 16.6. The van der Waals surface area contributed by atoms with E-state index in [-0.39, 0.29) is 23.2 Å². The fourth-order valence-electron chi connectivity index (χ4n) is 2.95. The molecule has 1 aliphatic heterocycles. The molecular weight excluding hydrogens is 152 g/mol.